The van der Waals surface area contributed by atoms with Gasteiger partial charge in [0, 0.05) is 44.6 Å². The fraction of sp³-hybridized carbons (Fsp3) is 0.333. The zero-order valence-corrected chi connectivity index (χ0v) is 16.7. The second kappa shape index (κ2) is 8.30. The van der Waals surface area contributed by atoms with Crippen molar-refractivity contribution >= 4 is 11.7 Å². The molecule has 1 fully saturated rings. The maximum absolute atomic E-state index is 12.5. The first-order valence-corrected chi connectivity index (χ1v) is 9.65. The maximum Gasteiger partial charge on any atom is 0.260 e. The highest BCUT2D eigenvalue weighted by atomic mass is 16.5. The third kappa shape index (κ3) is 4.37. The van der Waals surface area contributed by atoms with Gasteiger partial charge in [0.15, 0.2) is 6.61 Å². The number of anilines is 1. The van der Waals surface area contributed by atoms with Gasteiger partial charge in [0.2, 0.25) is 0 Å². The number of imidazole rings is 1. The Hall–Kier alpha value is -3.42. The Kier molecular flexibility index (Phi) is 5.41. The molecule has 0 saturated carbocycles. The smallest absolute Gasteiger partial charge is 0.260 e. The van der Waals surface area contributed by atoms with Crippen LogP contribution in [0.25, 0.3) is 5.82 Å². The highest BCUT2D eigenvalue weighted by Crippen LogP contribution is 2.17. The minimum Gasteiger partial charge on any atom is -0.484 e. The van der Waals surface area contributed by atoms with Crippen molar-refractivity contribution in [3.05, 3.63) is 60.4 Å². The summed E-state index contributed by atoms with van der Waals surface area (Å²) in [4.78, 5) is 29.5. The lowest BCUT2D eigenvalue weighted by atomic mass is 10.2. The monoisotopic (exact) mass is 392 g/mol. The van der Waals surface area contributed by atoms with Crippen molar-refractivity contribution in [1.82, 2.24) is 24.4 Å². The third-order valence-corrected chi connectivity index (χ3v) is 5.05. The first-order chi connectivity index (χ1) is 14.1. The number of hydrogen-bond acceptors (Lipinski definition) is 6. The van der Waals surface area contributed by atoms with Crippen molar-refractivity contribution in [2.45, 2.75) is 13.8 Å². The Bertz CT molecular complexity index is 977. The van der Waals surface area contributed by atoms with Crippen molar-refractivity contribution < 1.29 is 9.53 Å². The van der Waals surface area contributed by atoms with E-state index in [1.54, 1.807) is 12.5 Å². The standard InChI is InChI=1S/C21H24N6O2/c1-16-3-5-18(6-4-16)29-14-21(28)26-11-9-25(10-12-26)19-13-20(24-15-23-19)27-8-7-22-17(27)2/h3-8,13,15H,9-12,14H2,1-2H3. The van der Waals surface area contributed by atoms with Gasteiger partial charge < -0.3 is 14.5 Å². The van der Waals surface area contributed by atoms with Crippen LogP contribution in [-0.4, -0.2) is 63.1 Å². The lowest BCUT2D eigenvalue weighted by Gasteiger charge is -2.35. The van der Waals surface area contributed by atoms with Gasteiger partial charge in [-0.1, -0.05) is 17.7 Å². The topological polar surface area (TPSA) is 76.4 Å². The molecule has 4 rings (SSSR count). The summed E-state index contributed by atoms with van der Waals surface area (Å²) < 4.78 is 7.55. The zero-order valence-electron chi connectivity index (χ0n) is 16.7. The number of piperazine rings is 1. The molecular formula is C21H24N6O2. The molecule has 0 aliphatic carbocycles. The molecule has 0 N–H and O–H groups in total. The molecule has 1 aliphatic rings. The Morgan fingerprint density at radius 1 is 1.00 bits per heavy atom. The van der Waals surface area contributed by atoms with Crippen molar-refractivity contribution in [3.63, 3.8) is 0 Å². The molecule has 29 heavy (non-hydrogen) atoms. The zero-order chi connectivity index (χ0) is 20.2. The number of benzene rings is 1. The van der Waals surface area contributed by atoms with Crippen molar-refractivity contribution in [2.24, 2.45) is 0 Å². The van der Waals surface area contributed by atoms with E-state index in [2.05, 4.69) is 19.9 Å². The average molecular weight is 392 g/mol. The number of carbonyl (C=O) groups excluding carboxylic acids is 1. The first-order valence-electron chi connectivity index (χ1n) is 9.65. The molecule has 0 bridgehead atoms. The minimum atomic E-state index is 0.00245. The molecule has 1 saturated heterocycles. The molecule has 8 nitrogen and oxygen atoms in total. The molecule has 0 radical (unpaired) electrons. The molecule has 3 aromatic rings. The van der Waals surface area contributed by atoms with E-state index in [0.29, 0.717) is 18.8 Å². The molecule has 0 spiro atoms. The SMILES string of the molecule is Cc1ccc(OCC(=O)N2CCN(c3cc(-n4ccnc4C)ncn3)CC2)cc1. The van der Waals surface area contributed by atoms with Gasteiger partial charge in [0.25, 0.3) is 5.91 Å². The normalized spacial score (nSPS) is 14.1. The van der Waals surface area contributed by atoms with Gasteiger partial charge >= 0.3 is 0 Å². The number of rotatable bonds is 5. The molecule has 3 heterocycles. The van der Waals surface area contributed by atoms with Crippen LogP contribution in [0.2, 0.25) is 0 Å². The summed E-state index contributed by atoms with van der Waals surface area (Å²) in [5.41, 5.74) is 1.16. The fourth-order valence-corrected chi connectivity index (χ4v) is 3.32. The number of hydrogen-bond donors (Lipinski definition) is 0. The van der Waals surface area contributed by atoms with Crippen LogP contribution in [0, 0.1) is 13.8 Å². The van der Waals surface area contributed by atoms with E-state index >= 15 is 0 Å². The van der Waals surface area contributed by atoms with Gasteiger partial charge in [0.1, 0.15) is 29.5 Å². The molecule has 0 unspecified atom stereocenters. The van der Waals surface area contributed by atoms with E-state index in [9.17, 15) is 4.79 Å². The van der Waals surface area contributed by atoms with E-state index in [1.807, 2.05) is 59.8 Å². The van der Waals surface area contributed by atoms with Crippen LogP contribution in [-0.2, 0) is 4.79 Å². The molecular weight excluding hydrogens is 368 g/mol. The molecule has 2 aromatic heterocycles. The van der Waals surface area contributed by atoms with Crippen LogP contribution in [0.1, 0.15) is 11.4 Å². The van der Waals surface area contributed by atoms with Crippen molar-refractivity contribution in [1.29, 1.82) is 0 Å². The van der Waals surface area contributed by atoms with E-state index in [-0.39, 0.29) is 12.5 Å². The summed E-state index contributed by atoms with van der Waals surface area (Å²) in [6, 6.07) is 9.66. The molecule has 0 atom stereocenters. The lowest BCUT2D eigenvalue weighted by molar-refractivity contribution is -0.133. The Labute approximate surface area is 169 Å². The van der Waals surface area contributed by atoms with Gasteiger partial charge in [-0.05, 0) is 26.0 Å². The maximum atomic E-state index is 12.5. The van der Waals surface area contributed by atoms with Gasteiger partial charge in [-0.15, -0.1) is 0 Å². The van der Waals surface area contributed by atoms with Crippen molar-refractivity contribution in [2.75, 3.05) is 37.7 Å². The number of carbonyl (C=O) groups is 1. The van der Waals surface area contributed by atoms with Crippen LogP contribution >= 0.6 is 0 Å². The average Bonchev–Trinajstić information content (AvgIpc) is 3.19. The van der Waals surface area contributed by atoms with Gasteiger partial charge in [-0.25, -0.2) is 15.0 Å². The predicted molar refractivity (Wildman–Crippen MR) is 109 cm³/mol. The summed E-state index contributed by atoms with van der Waals surface area (Å²) >= 11 is 0. The number of aromatic nitrogens is 4. The second-order valence-electron chi connectivity index (χ2n) is 7.05. The Morgan fingerprint density at radius 3 is 2.41 bits per heavy atom. The van der Waals surface area contributed by atoms with E-state index in [1.165, 1.54) is 0 Å². The molecule has 8 heteroatoms. The van der Waals surface area contributed by atoms with E-state index in [4.69, 9.17) is 4.74 Å². The van der Waals surface area contributed by atoms with Gasteiger partial charge in [0.05, 0.1) is 0 Å². The molecule has 1 aromatic carbocycles. The van der Waals surface area contributed by atoms with Crippen LogP contribution in [0.5, 0.6) is 5.75 Å². The number of aryl methyl sites for hydroxylation is 2. The summed E-state index contributed by atoms with van der Waals surface area (Å²) in [6.45, 7) is 6.72. The number of nitrogens with zero attached hydrogens (tertiary/aromatic N) is 6. The fourth-order valence-electron chi connectivity index (χ4n) is 3.32. The summed E-state index contributed by atoms with van der Waals surface area (Å²) in [5.74, 6) is 3.23. The van der Waals surface area contributed by atoms with Crippen LogP contribution in [0.3, 0.4) is 0 Å². The Balaban J connectivity index is 1.33. The highest BCUT2D eigenvalue weighted by molar-refractivity contribution is 5.78. The van der Waals surface area contributed by atoms with Gasteiger partial charge in [-0.2, -0.15) is 0 Å². The summed E-state index contributed by atoms with van der Waals surface area (Å²) in [7, 11) is 0. The summed E-state index contributed by atoms with van der Waals surface area (Å²) in [6.07, 6.45) is 5.20. The van der Waals surface area contributed by atoms with Gasteiger partial charge in [-0.3, -0.25) is 9.36 Å². The largest absolute Gasteiger partial charge is 0.484 e. The van der Waals surface area contributed by atoms with Crippen LogP contribution < -0.4 is 9.64 Å². The lowest BCUT2D eigenvalue weighted by Crippen LogP contribution is -2.50. The summed E-state index contributed by atoms with van der Waals surface area (Å²) in [5, 5.41) is 0. The molecule has 1 aliphatic heterocycles. The van der Waals surface area contributed by atoms with E-state index in [0.717, 1.165) is 36.1 Å². The van der Waals surface area contributed by atoms with Crippen LogP contribution in [0.4, 0.5) is 5.82 Å². The minimum absolute atomic E-state index is 0.00245. The van der Waals surface area contributed by atoms with E-state index < -0.39 is 0 Å². The molecule has 1 amide bonds. The first kappa shape index (κ1) is 18.9. The number of amides is 1. The van der Waals surface area contributed by atoms with Crippen LogP contribution in [0.15, 0.2) is 49.1 Å². The quantitative estimate of drug-likeness (QED) is 0.661. The molecule has 150 valence electrons. The Morgan fingerprint density at radius 2 is 1.72 bits per heavy atom. The number of ether oxygens (including phenoxy) is 1. The highest BCUT2D eigenvalue weighted by Gasteiger charge is 2.22. The third-order valence-electron chi connectivity index (χ3n) is 5.05. The second-order valence-corrected chi connectivity index (χ2v) is 7.05. The van der Waals surface area contributed by atoms with Crippen molar-refractivity contribution in [3.8, 4) is 11.6 Å². The predicted octanol–water partition coefficient (Wildman–Crippen LogP) is 2.01.